The Labute approximate surface area is 154 Å². The van der Waals surface area contributed by atoms with Gasteiger partial charge in [0.1, 0.15) is 6.04 Å². The molecule has 0 saturated carbocycles. The highest BCUT2D eigenvalue weighted by Crippen LogP contribution is 2.30. The number of hydrogen-bond acceptors (Lipinski definition) is 4. The van der Waals surface area contributed by atoms with Crippen LogP contribution in [0.1, 0.15) is 24.8 Å². The fourth-order valence-electron chi connectivity index (χ4n) is 3.39. The molecule has 3 N–H and O–H groups in total. The Hall–Kier alpha value is -1.63. The Balaban J connectivity index is 0.00000225. The fourth-order valence-corrected chi connectivity index (χ4v) is 3.39. The summed E-state index contributed by atoms with van der Waals surface area (Å²) in [6.45, 7) is 3.99. The fraction of sp³-hybridized carbons (Fsp3) is 0.556. The number of nitrogens with zero attached hydrogens (tertiary/aromatic N) is 1. The van der Waals surface area contributed by atoms with Crippen LogP contribution in [0.25, 0.3) is 0 Å². The second kappa shape index (κ2) is 8.17. The third kappa shape index (κ3) is 3.97. The van der Waals surface area contributed by atoms with Gasteiger partial charge in [-0.1, -0.05) is 17.7 Å². The van der Waals surface area contributed by atoms with E-state index in [0.717, 1.165) is 11.3 Å². The molecule has 6 nitrogen and oxygen atoms in total. The summed E-state index contributed by atoms with van der Waals surface area (Å²) in [7, 11) is 0. The predicted molar refractivity (Wildman–Crippen MR) is 98.9 cm³/mol. The van der Waals surface area contributed by atoms with Crippen LogP contribution < -0.4 is 16.0 Å². The quantitative estimate of drug-likeness (QED) is 0.842. The lowest BCUT2D eigenvalue weighted by atomic mass is 9.79. The standard InChI is InChI=1S/C18H25N3O3.ClH/c1-13-2-4-14(5-3-13)21-9-6-15(16(21)22)20-17(23)18(12-19)7-10-24-11-8-18;/h2-5,15H,6-12,19H2,1H3,(H,20,23);1H. The Morgan fingerprint density at radius 1 is 1.32 bits per heavy atom. The molecular weight excluding hydrogens is 342 g/mol. The van der Waals surface area contributed by atoms with Gasteiger partial charge in [-0.3, -0.25) is 9.59 Å². The van der Waals surface area contributed by atoms with Crippen LogP contribution >= 0.6 is 12.4 Å². The van der Waals surface area contributed by atoms with Crippen molar-refractivity contribution >= 4 is 29.9 Å². The number of benzene rings is 1. The van der Waals surface area contributed by atoms with Crippen molar-refractivity contribution in [2.75, 3.05) is 31.2 Å². The number of hydrogen-bond donors (Lipinski definition) is 2. The van der Waals surface area contributed by atoms with Crippen molar-refractivity contribution in [2.24, 2.45) is 11.1 Å². The first-order valence-corrected chi connectivity index (χ1v) is 8.52. The van der Waals surface area contributed by atoms with E-state index >= 15 is 0 Å². The number of carbonyl (C=O) groups is 2. The van der Waals surface area contributed by atoms with E-state index in [4.69, 9.17) is 10.5 Å². The molecule has 0 aliphatic carbocycles. The molecule has 1 unspecified atom stereocenters. The zero-order valence-electron chi connectivity index (χ0n) is 14.5. The van der Waals surface area contributed by atoms with E-state index in [9.17, 15) is 9.59 Å². The van der Waals surface area contributed by atoms with E-state index in [1.54, 1.807) is 4.90 Å². The predicted octanol–water partition coefficient (Wildman–Crippen LogP) is 1.39. The molecule has 0 radical (unpaired) electrons. The number of ether oxygens (including phenoxy) is 1. The van der Waals surface area contributed by atoms with E-state index in [0.29, 0.717) is 39.0 Å². The SMILES string of the molecule is Cc1ccc(N2CCC(NC(=O)C3(CN)CCOCC3)C2=O)cc1.Cl. The number of amides is 2. The number of aryl methyl sites for hydroxylation is 1. The van der Waals surface area contributed by atoms with Crippen LogP contribution in [0, 0.1) is 12.3 Å². The summed E-state index contributed by atoms with van der Waals surface area (Å²) in [5, 5.41) is 2.94. The number of anilines is 1. The van der Waals surface area contributed by atoms with Crippen molar-refractivity contribution in [3.05, 3.63) is 29.8 Å². The van der Waals surface area contributed by atoms with Gasteiger partial charge in [0.15, 0.2) is 0 Å². The molecule has 2 aliphatic rings. The maximum absolute atomic E-state index is 12.7. The topological polar surface area (TPSA) is 84.7 Å². The van der Waals surface area contributed by atoms with Gasteiger partial charge >= 0.3 is 0 Å². The summed E-state index contributed by atoms with van der Waals surface area (Å²) >= 11 is 0. The van der Waals surface area contributed by atoms with Gasteiger partial charge in [0.25, 0.3) is 0 Å². The lowest BCUT2D eigenvalue weighted by Crippen LogP contribution is -2.53. The molecule has 138 valence electrons. The molecule has 0 aromatic heterocycles. The van der Waals surface area contributed by atoms with Crippen LogP contribution in [0.2, 0.25) is 0 Å². The Morgan fingerprint density at radius 3 is 2.56 bits per heavy atom. The van der Waals surface area contributed by atoms with Crippen molar-refractivity contribution < 1.29 is 14.3 Å². The van der Waals surface area contributed by atoms with Gasteiger partial charge in [0, 0.05) is 32.0 Å². The highest BCUT2D eigenvalue weighted by Gasteiger charge is 2.42. The van der Waals surface area contributed by atoms with E-state index in [1.807, 2.05) is 31.2 Å². The Bertz CT molecular complexity index is 614. The maximum atomic E-state index is 12.7. The molecule has 7 heteroatoms. The Morgan fingerprint density at radius 2 is 1.96 bits per heavy atom. The lowest BCUT2D eigenvalue weighted by Gasteiger charge is -2.35. The van der Waals surface area contributed by atoms with Gasteiger partial charge in [-0.25, -0.2) is 0 Å². The minimum atomic E-state index is -0.601. The Kier molecular flexibility index (Phi) is 6.43. The summed E-state index contributed by atoms with van der Waals surface area (Å²) in [5.74, 6) is -0.163. The molecule has 1 atom stereocenters. The van der Waals surface area contributed by atoms with Crippen LogP contribution in [-0.2, 0) is 14.3 Å². The molecule has 2 heterocycles. The first-order chi connectivity index (χ1) is 11.6. The third-order valence-electron chi connectivity index (χ3n) is 5.18. The summed E-state index contributed by atoms with van der Waals surface area (Å²) in [4.78, 5) is 27.1. The number of rotatable bonds is 4. The first kappa shape index (κ1) is 19.7. The highest BCUT2D eigenvalue weighted by atomic mass is 35.5. The average molecular weight is 368 g/mol. The molecule has 25 heavy (non-hydrogen) atoms. The van der Waals surface area contributed by atoms with Crippen molar-refractivity contribution in [3.8, 4) is 0 Å². The van der Waals surface area contributed by atoms with E-state index in [-0.39, 0.29) is 30.8 Å². The molecule has 2 aliphatic heterocycles. The second-order valence-electron chi connectivity index (χ2n) is 6.74. The van der Waals surface area contributed by atoms with Gasteiger partial charge in [0.05, 0.1) is 5.41 Å². The molecule has 1 aromatic rings. The molecule has 0 spiro atoms. The zero-order chi connectivity index (χ0) is 17.2. The molecule has 2 amide bonds. The monoisotopic (exact) mass is 367 g/mol. The number of nitrogens with one attached hydrogen (secondary N) is 1. The minimum absolute atomic E-state index is 0. The first-order valence-electron chi connectivity index (χ1n) is 8.52. The molecule has 2 fully saturated rings. The molecule has 3 rings (SSSR count). The van der Waals surface area contributed by atoms with Gasteiger partial charge in [-0.2, -0.15) is 0 Å². The minimum Gasteiger partial charge on any atom is -0.381 e. The number of nitrogens with two attached hydrogens (primary N) is 1. The van der Waals surface area contributed by atoms with Crippen molar-refractivity contribution in [3.63, 3.8) is 0 Å². The van der Waals surface area contributed by atoms with Crippen molar-refractivity contribution in [1.82, 2.24) is 5.32 Å². The zero-order valence-corrected chi connectivity index (χ0v) is 15.3. The molecule has 0 bridgehead atoms. The number of halogens is 1. The van der Waals surface area contributed by atoms with Crippen LogP contribution in [0.4, 0.5) is 5.69 Å². The summed E-state index contributed by atoms with van der Waals surface area (Å²) in [6, 6.07) is 7.39. The van der Waals surface area contributed by atoms with Gasteiger partial charge < -0.3 is 20.7 Å². The molecular formula is C18H26ClN3O3. The summed E-state index contributed by atoms with van der Waals surface area (Å²) in [5.41, 5.74) is 7.30. The second-order valence-corrected chi connectivity index (χ2v) is 6.74. The van der Waals surface area contributed by atoms with Crippen LogP contribution in [0.3, 0.4) is 0 Å². The highest BCUT2D eigenvalue weighted by molar-refractivity contribution is 6.01. The van der Waals surface area contributed by atoms with Gasteiger partial charge in [0.2, 0.25) is 11.8 Å². The summed E-state index contributed by atoms with van der Waals surface area (Å²) in [6.07, 6.45) is 1.84. The van der Waals surface area contributed by atoms with Crippen LogP contribution in [0.5, 0.6) is 0 Å². The smallest absolute Gasteiger partial charge is 0.249 e. The van der Waals surface area contributed by atoms with Gasteiger partial charge in [-0.05, 0) is 38.3 Å². The van der Waals surface area contributed by atoms with Crippen LogP contribution in [-0.4, -0.2) is 44.2 Å². The number of carbonyl (C=O) groups excluding carboxylic acids is 2. The van der Waals surface area contributed by atoms with Crippen LogP contribution in [0.15, 0.2) is 24.3 Å². The van der Waals surface area contributed by atoms with Crippen molar-refractivity contribution in [1.29, 1.82) is 0 Å². The van der Waals surface area contributed by atoms with Gasteiger partial charge in [-0.15, -0.1) is 12.4 Å². The normalized spacial score (nSPS) is 22.4. The average Bonchev–Trinajstić information content (AvgIpc) is 2.97. The third-order valence-corrected chi connectivity index (χ3v) is 5.18. The summed E-state index contributed by atoms with van der Waals surface area (Å²) < 4.78 is 5.34. The van der Waals surface area contributed by atoms with E-state index in [1.165, 1.54) is 0 Å². The molecule has 1 aromatic carbocycles. The lowest BCUT2D eigenvalue weighted by molar-refractivity contribution is -0.138. The van der Waals surface area contributed by atoms with E-state index < -0.39 is 11.5 Å². The maximum Gasteiger partial charge on any atom is 0.249 e. The van der Waals surface area contributed by atoms with E-state index in [2.05, 4.69) is 5.32 Å². The molecule has 2 saturated heterocycles. The largest absolute Gasteiger partial charge is 0.381 e. The van der Waals surface area contributed by atoms with Crippen molar-refractivity contribution in [2.45, 2.75) is 32.2 Å².